The fraction of sp³-hybridized carbons (Fsp3) is 0. The summed E-state index contributed by atoms with van der Waals surface area (Å²) in [6.07, 6.45) is 1.66. The smallest absolute Gasteiger partial charge is 0.114 e. The fourth-order valence-corrected chi connectivity index (χ4v) is 1.94. The van der Waals surface area contributed by atoms with Crippen LogP contribution in [-0.4, -0.2) is 4.99 Å². The van der Waals surface area contributed by atoms with E-state index in [9.17, 15) is 0 Å². The first-order valence-corrected chi connectivity index (χ1v) is 6.57. The summed E-state index contributed by atoms with van der Waals surface area (Å²) in [4.78, 5) is 0.0914. The third kappa shape index (κ3) is 3.54. The van der Waals surface area contributed by atoms with Crippen molar-refractivity contribution in [2.75, 3.05) is 0 Å². The van der Waals surface area contributed by atoms with E-state index in [1.165, 1.54) is 0 Å². The van der Waals surface area contributed by atoms with Gasteiger partial charge in [-0.25, -0.2) is 0 Å². The van der Waals surface area contributed by atoms with E-state index in [1.807, 2.05) is 42.5 Å². The second-order valence-electron chi connectivity index (χ2n) is 4.35. The van der Waals surface area contributed by atoms with Gasteiger partial charge in [0.25, 0.3) is 0 Å². The van der Waals surface area contributed by atoms with Gasteiger partial charge in [-0.05, 0) is 34.9 Å². The summed E-state index contributed by atoms with van der Waals surface area (Å²) in [7, 11) is 0. The third-order valence-corrected chi connectivity index (χ3v) is 3.17. The molecule has 0 amide bonds. The highest BCUT2D eigenvalue weighted by Gasteiger charge is 2.01. The number of hydrogen-bond donors (Lipinski definition) is 1. The van der Waals surface area contributed by atoms with E-state index in [1.54, 1.807) is 18.2 Å². The maximum absolute atomic E-state index is 8.93. The lowest BCUT2D eigenvalue weighted by Crippen LogP contribution is -2.09. The van der Waals surface area contributed by atoms with Crippen LogP contribution >= 0.6 is 12.2 Å². The summed E-state index contributed by atoms with van der Waals surface area (Å²) < 4.78 is 0. The third-order valence-electron chi connectivity index (χ3n) is 2.95. The van der Waals surface area contributed by atoms with E-state index in [2.05, 4.69) is 6.07 Å². The molecule has 0 bridgehead atoms. The molecular weight excluding hydrogens is 278 g/mol. The number of benzene rings is 2. The lowest BCUT2D eigenvalue weighted by atomic mass is 10.0. The van der Waals surface area contributed by atoms with Crippen LogP contribution in [0.1, 0.15) is 11.1 Å². The normalized spacial score (nSPS) is 10.5. The van der Waals surface area contributed by atoms with Crippen LogP contribution in [-0.2, 0) is 0 Å². The van der Waals surface area contributed by atoms with E-state index in [0.717, 1.165) is 16.7 Å². The predicted octanol–water partition coefficient (Wildman–Crippen LogP) is 3.42. The van der Waals surface area contributed by atoms with Crippen LogP contribution in [0.4, 0.5) is 0 Å². The Morgan fingerprint density at radius 1 is 0.952 bits per heavy atom. The summed E-state index contributed by atoms with van der Waals surface area (Å²) in [5.41, 5.74) is 9.30. The predicted molar refractivity (Wildman–Crippen MR) is 87.0 cm³/mol. The van der Waals surface area contributed by atoms with Crippen molar-refractivity contribution in [3.63, 3.8) is 0 Å². The van der Waals surface area contributed by atoms with E-state index in [4.69, 9.17) is 28.5 Å². The second kappa shape index (κ2) is 6.47. The lowest BCUT2D eigenvalue weighted by Gasteiger charge is -2.03. The van der Waals surface area contributed by atoms with Gasteiger partial charge in [0.2, 0.25) is 0 Å². The number of nitrogens with zero attached hydrogens (tertiary/aromatic N) is 2. The zero-order valence-electron chi connectivity index (χ0n) is 11.1. The molecule has 0 aliphatic heterocycles. The first-order valence-electron chi connectivity index (χ1n) is 6.16. The maximum atomic E-state index is 8.93. The Morgan fingerprint density at radius 2 is 1.48 bits per heavy atom. The topological polar surface area (TPSA) is 73.6 Å². The molecule has 0 aliphatic rings. The quantitative estimate of drug-likeness (QED) is 0.534. The minimum Gasteiger partial charge on any atom is -0.389 e. The minimum atomic E-state index is 0.0914. The summed E-state index contributed by atoms with van der Waals surface area (Å²) in [6.45, 7) is 0. The highest BCUT2D eigenvalue weighted by molar-refractivity contribution is 7.80. The van der Waals surface area contributed by atoms with Gasteiger partial charge in [-0.3, -0.25) is 0 Å². The molecule has 0 aromatic heterocycles. The van der Waals surface area contributed by atoms with Gasteiger partial charge >= 0.3 is 0 Å². The van der Waals surface area contributed by atoms with E-state index in [-0.39, 0.29) is 10.6 Å². The number of nitriles is 2. The van der Waals surface area contributed by atoms with Gasteiger partial charge in [-0.2, -0.15) is 10.5 Å². The van der Waals surface area contributed by atoms with Gasteiger partial charge in [-0.15, -0.1) is 0 Å². The van der Waals surface area contributed by atoms with Crippen molar-refractivity contribution in [1.82, 2.24) is 0 Å². The molecule has 0 saturated heterocycles. The van der Waals surface area contributed by atoms with Crippen LogP contribution in [0.5, 0.6) is 0 Å². The SMILES string of the molecule is N#CC(=Cc1ccc(-c2ccc(C#N)cc2)cc1)C(N)=S. The van der Waals surface area contributed by atoms with Gasteiger partial charge in [0, 0.05) is 0 Å². The average Bonchev–Trinajstić information content (AvgIpc) is 2.53. The van der Waals surface area contributed by atoms with E-state index < -0.39 is 0 Å². The molecule has 2 aromatic rings. The Balaban J connectivity index is 2.29. The molecule has 21 heavy (non-hydrogen) atoms. The van der Waals surface area contributed by atoms with Crippen molar-refractivity contribution in [2.24, 2.45) is 5.73 Å². The molecule has 3 nitrogen and oxygen atoms in total. The van der Waals surface area contributed by atoms with Crippen LogP contribution < -0.4 is 5.73 Å². The summed E-state index contributed by atoms with van der Waals surface area (Å²) in [6, 6.07) is 19.1. The van der Waals surface area contributed by atoms with Crippen molar-refractivity contribution in [2.45, 2.75) is 0 Å². The maximum Gasteiger partial charge on any atom is 0.114 e. The molecule has 0 radical (unpaired) electrons. The highest BCUT2D eigenvalue weighted by atomic mass is 32.1. The second-order valence-corrected chi connectivity index (χ2v) is 4.79. The zero-order chi connectivity index (χ0) is 15.2. The molecule has 2 N–H and O–H groups in total. The lowest BCUT2D eigenvalue weighted by molar-refractivity contribution is 1.48. The Hall–Kier alpha value is -2.95. The molecule has 0 atom stereocenters. The monoisotopic (exact) mass is 289 g/mol. The molecule has 4 heteroatoms. The van der Waals surface area contributed by atoms with Crippen LogP contribution in [0, 0.1) is 22.7 Å². The van der Waals surface area contributed by atoms with Gasteiger partial charge in [0.05, 0.1) is 17.2 Å². The number of nitrogens with two attached hydrogens (primary N) is 1. The first-order chi connectivity index (χ1) is 10.1. The number of rotatable bonds is 3. The van der Waals surface area contributed by atoms with Crippen molar-refractivity contribution in [1.29, 1.82) is 10.5 Å². The van der Waals surface area contributed by atoms with Crippen molar-refractivity contribution < 1.29 is 0 Å². The Kier molecular flexibility index (Phi) is 4.46. The van der Waals surface area contributed by atoms with Gasteiger partial charge in [0.1, 0.15) is 11.1 Å². The van der Waals surface area contributed by atoms with E-state index in [0.29, 0.717) is 5.56 Å². The van der Waals surface area contributed by atoms with Crippen LogP contribution in [0.3, 0.4) is 0 Å². The van der Waals surface area contributed by atoms with E-state index >= 15 is 0 Å². The highest BCUT2D eigenvalue weighted by Crippen LogP contribution is 2.21. The molecule has 0 saturated carbocycles. The van der Waals surface area contributed by atoms with Gasteiger partial charge < -0.3 is 5.73 Å². The van der Waals surface area contributed by atoms with Crippen molar-refractivity contribution in [3.8, 4) is 23.3 Å². The average molecular weight is 289 g/mol. The molecule has 0 heterocycles. The molecule has 0 fully saturated rings. The summed E-state index contributed by atoms with van der Waals surface area (Å²) >= 11 is 4.80. The Morgan fingerprint density at radius 3 is 1.90 bits per heavy atom. The summed E-state index contributed by atoms with van der Waals surface area (Å²) in [5, 5.41) is 17.7. The Bertz CT molecular complexity index is 773. The molecule has 2 rings (SSSR count). The van der Waals surface area contributed by atoms with Gasteiger partial charge in [0.15, 0.2) is 0 Å². The minimum absolute atomic E-state index is 0.0914. The molecule has 100 valence electrons. The van der Waals surface area contributed by atoms with Crippen LogP contribution in [0.15, 0.2) is 54.1 Å². The van der Waals surface area contributed by atoms with Crippen molar-refractivity contribution in [3.05, 3.63) is 65.2 Å². The molecule has 0 spiro atoms. The first kappa shape index (κ1) is 14.5. The van der Waals surface area contributed by atoms with Crippen LogP contribution in [0.25, 0.3) is 17.2 Å². The summed E-state index contributed by atoms with van der Waals surface area (Å²) in [5.74, 6) is 0. The molecular formula is C17H11N3S. The van der Waals surface area contributed by atoms with Gasteiger partial charge in [-0.1, -0.05) is 48.6 Å². The fourth-order valence-electron chi connectivity index (χ4n) is 1.83. The largest absolute Gasteiger partial charge is 0.389 e. The van der Waals surface area contributed by atoms with Crippen LogP contribution in [0.2, 0.25) is 0 Å². The Labute approximate surface area is 128 Å². The molecule has 2 aromatic carbocycles. The standard InChI is InChI=1S/C17H11N3S/c18-10-13-3-7-15(8-4-13)14-5-1-12(2-6-14)9-16(11-19)17(20)21/h1-9H,(H2,20,21). The zero-order valence-corrected chi connectivity index (χ0v) is 11.9. The number of thiocarbonyl (C=S) groups is 1. The van der Waals surface area contributed by atoms with Crippen molar-refractivity contribution >= 4 is 23.3 Å². The molecule has 0 unspecified atom stereocenters. The number of hydrogen-bond acceptors (Lipinski definition) is 3. The molecule has 0 aliphatic carbocycles.